The highest BCUT2D eigenvalue weighted by molar-refractivity contribution is 5.56. The summed E-state index contributed by atoms with van der Waals surface area (Å²) in [7, 11) is 0. The number of carbonyl (C=O) groups excluding carboxylic acids is 1. The molecule has 268 valence electrons. The van der Waals surface area contributed by atoms with Gasteiger partial charge in [0.05, 0.1) is 31.0 Å². The number of aliphatic hydroxyl groups excluding tert-OH is 10. The molecule has 19 nitrogen and oxygen atoms in total. The highest BCUT2D eigenvalue weighted by atomic mass is 16.8. The van der Waals surface area contributed by atoms with E-state index in [1.54, 1.807) is 0 Å². The van der Waals surface area contributed by atoms with Gasteiger partial charge < -0.3 is 93.8 Å². The second-order valence-electron chi connectivity index (χ2n) is 12.0. The van der Waals surface area contributed by atoms with E-state index >= 15 is 0 Å². The summed E-state index contributed by atoms with van der Waals surface area (Å²) < 4.78 is 44.5. The fourth-order valence-corrected chi connectivity index (χ4v) is 5.69. The molecule has 0 bridgehead atoms. The summed E-state index contributed by atoms with van der Waals surface area (Å²) in [5, 5.41) is 105. The maximum atomic E-state index is 11.2. The minimum atomic E-state index is -1.85. The van der Waals surface area contributed by atoms with Gasteiger partial charge in [0.1, 0.15) is 79.4 Å². The van der Waals surface area contributed by atoms with Gasteiger partial charge in [0.25, 0.3) is 0 Å². The van der Waals surface area contributed by atoms with Crippen LogP contribution in [0.15, 0.2) is 0 Å². The molecule has 0 aromatic heterocycles. The van der Waals surface area contributed by atoms with E-state index in [-0.39, 0.29) is 6.29 Å². The van der Waals surface area contributed by atoms with Gasteiger partial charge in [0.2, 0.25) is 0 Å². The molecule has 0 saturated carbocycles. The van der Waals surface area contributed by atoms with E-state index in [1.807, 2.05) is 0 Å². The molecule has 4 saturated heterocycles. The van der Waals surface area contributed by atoms with Gasteiger partial charge in [-0.15, -0.1) is 0 Å². The van der Waals surface area contributed by atoms with Crippen molar-refractivity contribution < 1.29 is 93.8 Å². The third-order valence-electron chi connectivity index (χ3n) is 8.67. The molecule has 0 radical (unpaired) electrons. The summed E-state index contributed by atoms with van der Waals surface area (Å²) in [5.41, 5.74) is 0. The third-order valence-corrected chi connectivity index (χ3v) is 8.67. The molecule has 4 aliphatic rings. The van der Waals surface area contributed by atoms with Crippen LogP contribution < -0.4 is 0 Å². The Hall–Kier alpha value is -1.05. The van der Waals surface area contributed by atoms with Crippen molar-refractivity contribution in [3.63, 3.8) is 0 Å². The first kappa shape index (κ1) is 37.8. The van der Waals surface area contributed by atoms with Gasteiger partial charge in [-0.05, 0) is 27.7 Å². The zero-order valence-corrected chi connectivity index (χ0v) is 25.6. The van der Waals surface area contributed by atoms with Crippen molar-refractivity contribution in [2.24, 2.45) is 0 Å². The molecule has 0 spiro atoms. The molecule has 0 aromatic carbocycles. The predicted molar refractivity (Wildman–Crippen MR) is 144 cm³/mol. The molecule has 10 N–H and O–H groups in total. The van der Waals surface area contributed by atoms with Crippen molar-refractivity contribution in [3.05, 3.63) is 0 Å². The summed E-state index contributed by atoms with van der Waals surface area (Å²) in [6, 6.07) is 0. The highest BCUT2D eigenvalue weighted by Gasteiger charge is 2.54. The van der Waals surface area contributed by atoms with Gasteiger partial charge >= 0.3 is 0 Å². The lowest BCUT2D eigenvalue weighted by Gasteiger charge is -2.48. The summed E-state index contributed by atoms with van der Waals surface area (Å²) >= 11 is 0. The Kier molecular flexibility index (Phi) is 12.9. The van der Waals surface area contributed by atoms with Gasteiger partial charge in [0, 0.05) is 0 Å². The van der Waals surface area contributed by atoms with E-state index in [4.69, 9.17) is 37.9 Å². The fourth-order valence-electron chi connectivity index (χ4n) is 5.69. The highest BCUT2D eigenvalue weighted by Crippen LogP contribution is 2.34. The normalized spacial score (nSPS) is 52.7. The molecule has 4 fully saturated rings. The van der Waals surface area contributed by atoms with Crippen molar-refractivity contribution >= 4 is 6.29 Å². The molecular formula is C27H46O19. The first-order valence-electron chi connectivity index (χ1n) is 15.0. The van der Waals surface area contributed by atoms with Gasteiger partial charge in [-0.1, -0.05) is 0 Å². The van der Waals surface area contributed by atoms with E-state index in [1.165, 1.54) is 27.7 Å². The molecule has 4 rings (SSSR count). The van der Waals surface area contributed by atoms with Crippen molar-refractivity contribution in [1.29, 1.82) is 0 Å². The molecule has 46 heavy (non-hydrogen) atoms. The smallest absolute Gasteiger partial charge is 0.187 e. The minimum Gasteiger partial charge on any atom is -0.393 e. The van der Waals surface area contributed by atoms with E-state index in [9.17, 15) is 55.9 Å². The van der Waals surface area contributed by atoms with Gasteiger partial charge in [-0.25, -0.2) is 0 Å². The molecule has 0 aromatic rings. The maximum Gasteiger partial charge on any atom is 0.187 e. The quantitative estimate of drug-likeness (QED) is 0.0965. The third kappa shape index (κ3) is 7.72. The maximum absolute atomic E-state index is 11.2. The van der Waals surface area contributed by atoms with Gasteiger partial charge in [-0.3, -0.25) is 0 Å². The van der Waals surface area contributed by atoms with Crippen LogP contribution in [0.25, 0.3) is 0 Å². The minimum absolute atomic E-state index is 0.288. The van der Waals surface area contributed by atoms with Crippen LogP contribution in [0.5, 0.6) is 0 Å². The van der Waals surface area contributed by atoms with E-state index < -0.39 is 136 Å². The fraction of sp³-hybridized carbons (Fsp3) is 0.963. The summed E-state index contributed by atoms with van der Waals surface area (Å²) in [5.74, 6) is 0. The van der Waals surface area contributed by atoms with Crippen molar-refractivity contribution in [3.8, 4) is 0 Å². The standard InChI is InChI=1S/C27H46O19/c1-7-12(30)16(34)17(35)24(39-7)44-22-14(32)9(3)41-26(19(22)37)46-23-15(33)10(4)42-27(20(23)38)45-21-13(31)8(2)40-25(18(21)36)43-11(5-28)6-29/h5,7-27,29-38H,6H2,1-4H3/t7-,8-,9-,10-,11?,12-,13-,14-,15-,16+,17+,18+,19+,20+,21+,22+,23+,24-,25-,26-,27-/m1/s1. The average molecular weight is 675 g/mol. The Balaban J connectivity index is 1.48. The van der Waals surface area contributed by atoms with Crippen LogP contribution in [0, 0.1) is 0 Å². The lowest BCUT2D eigenvalue weighted by atomic mass is 9.96. The number of rotatable bonds is 10. The average Bonchev–Trinajstić information content (AvgIpc) is 3.02. The lowest BCUT2D eigenvalue weighted by Crippen LogP contribution is -2.66. The monoisotopic (exact) mass is 674 g/mol. The SMILES string of the molecule is C[C@H]1O[C@H](O[C@@H]2[C@H](O)[C@@H](O[C@@H]3[C@H](O)[C@@H](O[C@@H]4[C@H](O)[C@@H](OC(C=O)CO)O[C@H](C)[C@H]4O)O[C@H](C)[C@H]3O)O[C@H](C)[C@H]2O)[C@@H](O)[C@@H](O)[C@@H]1O. The lowest BCUT2D eigenvalue weighted by molar-refractivity contribution is -0.385. The largest absolute Gasteiger partial charge is 0.393 e. The predicted octanol–water partition coefficient (Wildman–Crippen LogP) is -6.05. The Bertz CT molecular complexity index is 977. The summed E-state index contributed by atoms with van der Waals surface area (Å²) in [6.07, 6.45) is -31.2. The molecule has 0 amide bonds. The molecular weight excluding hydrogens is 628 g/mol. The first-order valence-corrected chi connectivity index (χ1v) is 15.0. The van der Waals surface area contributed by atoms with Crippen molar-refractivity contribution in [2.75, 3.05) is 6.61 Å². The van der Waals surface area contributed by atoms with Crippen LogP contribution in [0.4, 0.5) is 0 Å². The number of aldehydes is 1. The number of aliphatic hydroxyl groups is 10. The van der Waals surface area contributed by atoms with E-state index in [0.717, 1.165) is 0 Å². The number of hydrogen-bond donors (Lipinski definition) is 10. The number of ether oxygens (including phenoxy) is 8. The molecule has 1 unspecified atom stereocenters. The van der Waals surface area contributed by atoms with E-state index in [0.29, 0.717) is 0 Å². The Morgan fingerprint density at radius 1 is 0.500 bits per heavy atom. The van der Waals surface area contributed by atoms with Crippen LogP contribution in [0.2, 0.25) is 0 Å². The molecule has 0 aliphatic carbocycles. The van der Waals surface area contributed by atoms with Gasteiger partial charge in [0.15, 0.2) is 31.4 Å². The van der Waals surface area contributed by atoms with Gasteiger partial charge in [-0.2, -0.15) is 0 Å². The summed E-state index contributed by atoms with van der Waals surface area (Å²) in [4.78, 5) is 11.1. The Labute approximate surface area is 263 Å². The molecule has 4 aliphatic heterocycles. The van der Waals surface area contributed by atoms with Crippen LogP contribution in [-0.4, -0.2) is 193 Å². The summed E-state index contributed by atoms with van der Waals surface area (Å²) in [6.45, 7) is 4.94. The molecule has 4 heterocycles. The second kappa shape index (κ2) is 15.7. The van der Waals surface area contributed by atoms with Crippen LogP contribution in [0.3, 0.4) is 0 Å². The molecule has 21 atom stereocenters. The van der Waals surface area contributed by atoms with Crippen molar-refractivity contribution in [1.82, 2.24) is 0 Å². The zero-order valence-electron chi connectivity index (χ0n) is 25.6. The second-order valence-corrected chi connectivity index (χ2v) is 12.0. The Morgan fingerprint density at radius 3 is 1.20 bits per heavy atom. The van der Waals surface area contributed by atoms with Crippen LogP contribution in [-0.2, 0) is 42.7 Å². The van der Waals surface area contributed by atoms with Crippen molar-refractivity contribution in [2.45, 2.75) is 157 Å². The van der Waals surface area contributed by atoms with E-state index in [2.05, 4.69) is 0 Å². The zero-order chi connectivity index (χ0) is 34.2. The number of hydrogen-bond acceptors (Lipinski definition) is 19. The van der Waals surface area contributed by atoms with Crippen LogP contribution in [0.1, 0.15) is 27.7 Å². The Morgan fingerprint density at radius 2 is 0.826 bits per heavy atom. The topological polar surface area (TPSA) is 293 Å². The number of carbonyl (C=O) groups is 1. The first-order chi connectivity index (χ1) is 21.6. The van der Waals surface area contributed by atoms with Crippen LogP contribution >= 0.6 is 0 Å². The molecule has 19 heteroatoms.